The standard InChI is InChI=1S/C16H19FN2O3/c1-18-13(20)10-22-15(16(21)19-7-2-3-8-19)14(18)11-5-4-6-12(17)9-11/h4-6,9,14-15H,2-3,7-8,10H2,1H3/t14-,15+/m1/s1. The second-order valence-electron chi connectivity index (χ2n) is 5.77. The molecular formula is C16H19FN2O3. The number of morpholine rings is 1. The highest BCUT2D eigenvalue weighted by Crippen LogP contribution is 2.31. The summed E-state index contributed by atoms with van der Waals surface area (Å²) in [6.45, 7) is 1.31. The highest BCUT2D eigenvalue weighted by molar-refractivity contribution is 5.86. The van der Waals surface area contributed by atoms with Crippen LogP contribution in [0.2, 0.25) is 0 Å². The first-order valence-electron chi connectivity index (χ1n) is 7.49. The highest BCUT2D eigenvalue weighted by Gasteiger charge is 2.42. The second kappa shape index (κ2) is 6.04. The molecule has 0 saturated carbocycles. The molecule has 2 aliphatic rings. The molecular weight excluding hydrogens is 287 g/mol. The minimum absolute atomic E-state index is 0.118. The van der Waals surface area contributed by atoms with Crippen LogP contribution < -0.4 is 0 Å². The minimum atomic E-state index is -0.775. The van der Waals surface area contributed by atoms with Crippen LogP contribution in [0.1, 0.15) is 24.4 Å². The third-order valence-corrected chi connectivity index (χ3v) is 4.34. The van der Waals surface area contributed by atoms with Gasteiger partial charge >= 0.3 is 0 Å². The lowest BCUT2D eigenvalue weighted by Gasteiger charge is -2.39. The number of halogens is 1. The van der Waals surface area contributed by atoms with Gasteiger partial charge in [-0.25, -0.2) is 4.39 Å². The average molecular weight is 306 g/mol. The number of likely N-dealkylation sites (N-methyl/N-ethyl adjacent to an activating group) is 1. The Balaban J connectivity index is 1.92. The van der Waals surface area contributed by atoms with E-state index in [0.717, 1.165) is 12.8 Å². The van der Waals surface area contributed by atoms with Gasteiger partial charge in [0.15, 0.2) is 6.10 Å². The fourth-order valence-electron chi connectivity index (χ4n) is 3.13. The van der Waals surface area contributed by atoms with Crippen molar-refractivity contribution in [2.24, 2.45) is 0 Å². The molecule has 0 unspecified atom stereocenters. The molecule has 1 aromatic carbocycles. The first kappa shape index (κ1) is 15.0. The van der Waals surface area contributed by atoms with Crippen molar-refractivity contribution < 1.29 is 18.7 Å². The first-order valence-corrected chi connectivity index (χ1v) is 7.49. The van der Waals surface area contributed by atoms with Crippen LogP contribution in [0.3, 0.4) is 0 Å². The number of rotatable bonds is 2. The Morgan fingerprint density at radius 3 is 2.73 bits per heavy atom. The van der Waals surface area contributed by atoms with Crippen LogP contribution in [-0.4, -0.2) is 54.5 Å². The van der Waals surface area contributed by atoms with Crippen LogP contribution in [0.4, 0.5) is 4.39 Å². The van der Waals surface area contributed by atoms with E-state index in [0.29, 0.717) is 18.7 Å². The molecule has 118 valence electrons. The van der Waals surface area contributed by atoms with Gasteiger partial charge in [0.25, 0.3) is 5.91 Å². The summed E-state index contributed by atoms with van der Waals surface area (Å²) >= 11 is 0. The fourth-order valence-corrected chi connectivity index (χ4v) is 3.13. The summed E-state index contributed by atoms with van der Waals surface area (Å²) in [5.41, 5.74) is 0.577. The molecule has 2 heterocycles. The van der Waals surface area contributed by atoms with Crippen molar-refractivity contribution in [3.63, 3.8) is 0 Å². The zero-order valence-corrected chi connectivity index (χ0v) is 12.5. The Bertz CT molecular complexity index is 587. The lowest BCUT2D eigenvalue weighted by atomic mass is 9.97. The zero-order valence-electron chi connectivity index (χ0n) is 12.5. The number of benzene rings is 1. The van der Waals surface area contributed by atoms with E-state index in [9.17, 15) is 14.0 Å². The molecule has 2 aliphatic heterocycles. The largest absolute Gasteiger partial charge is 0.356 e. The maximum atomic E-state index is 13.5. The van der Waals surface area contributed by atoms with E-state index in [2.05, 4.69) is 0 Å². The molecule has 3 rings (SSSR count). The van der Waals surface area contributed by atoms with Crippen molar-refractivity contribution in [1.29, 1.82) is 0 Å². The quantitative estimate of drug-likeness (QED) is 0.828. The first-order chi connectivity index (χ1) is 10.6. The summed E-state index contributed by atoms with van der Waals surface area (Å²) in [5.74, 6) is -0.720. The molecule has 0 bridgehead atoms. The maximum absolute atomic E-state index is 13.5. The number of hydrogen-bond acceptors (Lipinski definition) is 3. The van der Waals surface area contributed by atoms with E-state index in [1.165, 1.54) is 17.0 Å². The summed E-state index contributed by atoms with van der Waals surface area (Å²) in [6.07, 6.45) is 1.19. The number of ether oxygens (including phenoxy) is 1. The van der Waals surface area contributed by atoms with Gasteiger partial charge in [0.05, 0.1) is 6.04 Å². The van der Waals surface area contributed by atoms with Crippen molar-refractivity contribution >= 4 is 11.8 Å². The molecule has 1 aromatic rings. The molecule has 2 saturated heterocycles. The highest BCUT2D eigenvalue weighted by atomic mass is 19.1. The third-order valence-electron chi connectivity index (χ3n) is 4.34. The maximum Gasteiger partial charge on any atom is 0.254 e. The van der Waals surface area contributed by atoms with Gasteiger partial charge in [-0.15, -0.1) is 0 Å². The summed E-state index contributed by atoms with van der Waals surface area (Å²) in [7, 11) is 1.63. The van der Waals surface area contributed by atoms with Gasteiger partial charge in [0.2, 0.25) is 5.91 Å². The van der Waals surface area contributed by atoms with Gasteiger partial charge in [0.1, 0.15) is 12.4 Å². The predicted molar refractivity (Wildman–Crippen MR) is 77.5 cm³/mol. The van der Waals surface area contributed by atoms with Crippen molar-refractivity contribution in [2.45, 2.75) is 25.0 Å². The number of hydrogen-bond donors (Lipinski definition) is 0. The van der Waals surface area contributed by atoms with Gasteiger partial charge in [-0.3, -0.25) is 9.59 Å². The van der Waals surface area contributed by atoms with E-state index >= 15 is 0 Å². The molecule has 2 amide bonds. The lowest BCUT2D eigenvalue weighted by molar-refractivity contribution is -0.166. The summed E-state index contributed by atoms with van der Waals surface area (Å²) in [6, 6.07) is 5.40. The van der Waals surface area contributed by atoms with E-state index in [1.807, 2.05) is 0 Å². The monoisotopic (exact) mass is 306 g/mol. The molecule has 6 heteroatoms. The van der Waals surface area contributed by atoms with Crippen molar-refractivity contribution in [2.75, 3.05) is 26.7 Å². The van der Waals surface area contributed by atoms with E-state index in [4.69, 9.17) is 4.74 Å². The number of amides is 2. The molecule has 0 aliphatic carbocycles. The average Bonchev–Trinajstić information content (AvgIpc) is 3.03. The van der Waals surface area contributed by atoms with Crippen LogP contribution in [0.5, 0.6) is 0 Å². The van der Waals surface area contributed by atoms with Crippen LogP contribution in [0.15, 0.2) is 24.3 Å². The van der Waals surface area contributed by atoms with Crippen molar-refractivity contribution in [3.8, 4) is 0 Å². The smallest absolute Gasteiger partial charge is 0.254 e. The summed E-state index contributed by atoms with van der Waals surface area (Å²) in [4.78, 5) is 27.9. The fraction of sp³-hybridized carbons (Fsp3) is 0.500. The normalized spacial score (nSPS) is 25.6. The van der Waals surface area contributed by atoms with Gasteiger partial charge in [-0.1, -0.05) is 12.1 Å². The second-order valence-corrected chi connectivity index (χ2v) is 5.77. The topological polar surface area (TPSA) is 49.9 Å². The Hall–Kier alpha value is -1.95. The van der Waals surface area contributed by atoms with Crippen LogP contribution in [0.25, 0.3) is 0 Å². The minimum Gasteiger partial charge on any atom is -0.356 e. The molecule has 0 N–H and O–H groups in total. The number of carbonyl (C=O) groups is 2. The van der Waals surface area contributed by atoms with Gasteiger partial charge in [-0.05, 0) is 30.5 Å². The summed E-state index contributed by atoms with van der Waals surface area (Å²) in [5, 5.41) is 0. The van der Waals surface area contributed by atoms with Crippen molar-refractivity contribution in [3.05, 3.63) is 35.6 Å². The molecule has 0 spiro atoms. The Labute approximate surface area is 128 Å². The lowest BCUT2D eigenvalue weighted by Crippen LogP contribution is -2.53. The van der Waals surface area contributed by atoms with Crippen LogP contribution in [0, 0.1) is 5.82 Å². The summed E-state index contributed by atoms with van der Waals surface area (Å²) < 4.78 is 19.1. The van der Waals surface area contributed by atoms with E-state index < -0.39 is 18.0 Å². The molecule has 2 atom stereocenters. The van der Waals surface area contributed by atoms with Gasteiger partial charge in [0, 0.05) is 20.1 Å². The SMILES string of the molecule is CN1C(=O)CO[C@H](C(=O)N2CCCC2)[C@H]1c1cccc(F)c1. The Morgan fingerprint density at radius 2 is 2.05 bits per heavy atom. The molecule has 2 fully saturated rings. The van der Waals surface area contributed by atoms with Crippen molar-refractivity contribution in [1.82, 2.24) is 9.80 Å². The predicted octanol–water partition coefficient (Wildman–Crippen LogP) is 1.35. The number of carbonyl (C=O) groups excluding carboxylic acids is 2. The van der Waals surface area contributed by atoms with Gasteiger partial charge < -0.3 is 14.5 Å². The third kappa shape index (κ3) is 2.70. The van der Waals surface area contributed by atoms with E-state index in [1.54, 1.807) is 24.1 Å². The van der Waals surface area contributed by atoms with Crippen LogP contribution >= 0.6 is 0 Å². The molecule has 5 nitrogen and oxygen atoms in total. The molecule has 22 heavy (non-hydrogen) atoms. The Morgan fingerprint density at radius 1 is 1.32 bits per heavy atom. The Kier molecular flexibility index (Phi) is 4.11. The number of likely N-dealkylation sites (tertiary alicyclic amines) is 1. The number of nitrogens with zero attached hydrogens (tertiary/aromatic N) is 2. The molecule has 0 aromatic heterocycles. The van der Waals surface area contributed by atoms with E-state index in [-0.39, 0.29) is 18.4 Å². The van der Waals surface area contributed by atoms with Gasteiger partial charge in [-0.2, -0.15) is 0 Å². The zero-order chi connectivity index (χ0) is 15.7. The molecule has 0 radical (unpaired) electrons. The van der Waals surface area contributed by atoms with Crippen LogP contribution in [-0.2, 0) is 14.3 Å².